The maximum atomic E-state index is 12.4. The number of phenolic OH excluding ortho intramolecular Hbond substituents is 1. The van der Waals surface area contributed by atoms with E-state index in [4.69, 9.17) is 5.73 Å². The van der Waals surface area contributed by atoms with Crippen LogP contribution < -0.4 is 5.73 Å². The Bertz CT molecular complexity index is 482. The third kappa shape index (κ3) is 3.22. The molecule has 0 atom stereocenters. The molecule has 0 aliphatic carbocycles. The maximum absolute atomic E-state index is 12.4. The molecule has 1 aromatic rings. The Morgan fingerprint density at radius 1 is 1.45 bits per heavy atom. The molecule has 0 bridgehead atoms. The van der Waals surface area contributed by atoms with Crippen molar-refractivity contribution < 1.29 is 9.90 Å². The number of para-hydroxylation sites is 1. The summed E-state index contributed by atoms with van der Waals surface area (Å²) in [5, 5.41) is 9.88. The number of hydrogen-bond acceptors (Lipinski definition) is 4. The highest BCUT2D eigenvalue weighted by Gasteiger charge is 2.22. The van der Waals surface area contributed by atoms with E-state index in [2.05, 4.69) is 11.9 Å². The molecule has 20 heavy (non-hydrogen) atoms. The number of nitrogen functional groups attached to an aromatic ring is 1. The van der Waals surface area contributed by atoms with Crippen molar-refractivity contribution in [2.45, 2.75) is 12.8 Å². The van der Waals surface area contributed by atoms with E-state index < -0.39 is 0 Å². The highest BCUT2D eigenvalue weighted by Crippen LogP contribution is 2.26. The van der Waals surface area contributed by atoms with Crippen molar-refractivity contribution >= 4 is 11.6 Å². The predicted molar refractivity (Wildman–Crippen MR) is 79.7 cm³/mol. The number of anilines is 1. The van der Waals surface area contributed by atoms with Crippen molar-refractivity contribution in [3.05, 3.63) is 23.8 Å². The molecule has 1 aliphatic rings. The Balaban J connectivity index is 2.00. The van der Waals surface area contributed by atoms with Crippen LogP contribution in [0.2, 0.25) is 0 Å². The Morgan fingerprint density at radius 2 is 2.10 bits per heavy atom. The topological polar surface area (TPSA) is 69.8 Å². The largest absolute Gasteiger partial charge is 0.505 e. The van der Waals surface area contributed by atoms with Crippen LogP contribution in [0.25, 0.3) is 0 Å². The standard InChI is InChI=1S/C15H23N3O2/c1-17-8-6-11(7-9-17)10-18(2)15(20)12-4-3-5-13(16)14(12)19/h3-5,11,19H,6-10,16H2,1-2H3. The number of carbonyl (C=O) groups excluding carboxylic acids is 1. The lowest BCUT2D eigenvalue weighted by atomic mass is 9.96. The summed E-state index contributed by atoms with van der Waals surface area (Å²) in [6.45, 7) is 2.88. The second-order valence-corrected chi connectivity index (χ2v) is 5.68. The molecule has 5 nitrogen and oxygen atoms in total. The molecule has 110 valence electrons. The van der Waals surface area contributed by atoms with Crippen molar-refractivity contribution in [1.29, 1.82) is 0 Å². The minimum Gasteiger partial charge on any atom is -0.505 e. The van der Waals surface area contributed by atoms with Gasteiger partial charge in [-0.25, -0.2) is 0 Å². The Morgan fingerprint density at radius 3 is 2.75 bits per heavy atom. The first-order valence-corrected chi connectivity index (χ1v) is 7.00. The van der Waals surface area contributed by atoms with E-state index in [1.807, 2.05) is 0 Å². The third-order valence-corrected chi connectivity index (χ3v) is 4.01. The van der Waals surface area contributed by atoms with Gasteiger partial charge in [-0.1, -0.05) is 6.07 Å². The highest BCUT2D eigenvalue weighted by molar-refractivity contribution is 5.98. The van der Waals surface area contributed by atoms with Gasteiger partial charge >= 0.3 is 0 Å². The number of rotatable bonds is 3. The Labute approximate surface area is 120 Å². The van der Waals surface area contributed by atoms with Crippen molar-refractivity contribution in [2.75, 3.05) is 39.5 Å². The normalized spacial score (nSPS) is 17.1. The Kier molecular flexibility index (Phi) is 4.49. The molecule has 1 amide bonds. The van der Waals surface area contributed by atoms with Crippen molar-refractivity contribution in [1.82, 2.24) is 9.80 Å². The molecule has 1 fully saturated rings. The average molecular weight is 277 g/mol. The van der Waals surface area contributed by atoms with E-state index in [9.17, 15) is 9.90 Å². The van der Waals surface area contributed by atoms with Crippen LogP contribution in [-0.4, -0.2) is 54.5 Å². The molecular formula is C15H23N3O2. The van der Waals surface area contributed by atoms with Crippen LogP contribution >= 0.6 is 0 Å². The minimum atomic E-state index is -0.172. The lowest BCUT2D eigenvalue weighted by molar-refractivity contribution is 0.0744. The summed E-state index contributed by atoms with van der Waals surface area (Å²) in [5.41, 5.74) is 6.15. The SMILES string of the molecule is CN1CCC(CN(C)C(=O)c2cccc(N)c2O)CC1. The van der Waals surface area contributed by atoms with E-state index in [0.717, 1.165) is 32.5 Å². The number of piperidine rings is 1. The van der Waals surface area contributed by atoms with Crippen LogP contribution in [0.3, 0.4) is 0 Å². The second kappa shape index (κ2) is 6.13. The number of benzene rings is 1. The molecule has 0 aromatic heterocycles. The predicted octanol–water partition coefficient (Wildman–Crippen LogP) is 1.39. The quantitative estimate of drug-likeness (QED) is 0.647. The lowest BCUT2D eigenvalue weighted by Crippen LogP contribution is -2.38. The number of amides is 1. The monoisotopic (exact) mass is 277 g/mol. The summed E-state index contributed by atoms with van der Waals surface area (Å²) in [4.78, 5) is 16.3. The van der Waals surface area contributed by atoms with Gasteiger partial charge in [0.15, 0.2) is 5.75 Å². The summed E-state index contributed by atoms with van der Waals surface area (Å²) in [7, 11) is 3.90. The van der Waals surface area contributed by atoms with Crippen LogP contribution in [0.1, 0.15) is 23.2 Å². The van der Waals surface area contributed by atoms with Gasteiger partial charge in [0.25, 0.3) is 5.91 Å². The zero-order valence-electron chi connectivity index (χ0n) is 12.2. The number of nitrogens with zero attached hydrogens (tertiary/aromatic N) is 2. The van der Waals surface area contributed by atoms with Gasteiger partial charge in [0.05, 0.1) is 11.3 Å². The molecular weight excluding hydrogens is 254 g/mol. The van der Waals surface area contributed by atoms with Gasteiger partial charge < -0.3 is 20.6 Å². The zero-order chi connectivity index (χ0) is 14.7. The van der Waals surface area contributed by atoms with Gasteiger partial charge in [0.1, 0.15) is 0 Å². The van der Waals surface area contributed by atoms with E-state index >= 15 is 0 Å². The Hall–Kier alpha value is -1.75. The first kappa shape index (κ1) is 14.7. The van der Waals surface area contributed by atoms with Gasteiger partial charge in [-0.15, -0.1) is 0 Å². The number of likely N-dealkylation sites (tertiary alicyclic amines) is 1. The fraction of sp³-hybridized carbons (Fsp3) is 0.533. The van der Waals surface area contributed by atoms with Crippen molar-refractivity contribution in [3.63, 3.8) is 0 Å². The van der Waals surface area contributed by atoms with Gasteiger partial charge in [0, 0.05) is 13.6 Å². The van der Waals surface area contributed by atoms with E-state index in [-0.39, 0.29) is 22.9 Å². The average Bonchev–Trinajstić information content (AvgIpc) is 2.43. The molecule has 1 aromatic carbocycles. The first-order valence-electron chi connectivity index (χ1n) is 7.00. The maximum Gasteiger partial charge on any atom is 0.257 e. The van der Waals surface area contributed by atoms with Crippen LogP contribution in [0.4, 0.5) is 5.69 Å². The highest BCUT2D eigenvalue weighted by atomic mass is 16.3. The first-order chi connectivity index (χ1) is 9.49. The number of phenols is 1. The van der Waals surface area contributed by atoms with Gasteiger partial charge in [0.2, 0.25) is 0 Å². The number of aromatic hydroxyl groups is 1. The molecule has 5 heteroatoms. The minimum absolute atomic E-state index is 0.118. The molecule has 2 rings (SSSR count). The van der Waals surface area contributed by atoms with Crippen LogP contribution in [0, 0.1) is 5.92 Å². The summed E-state index contributed by atoms with van der Waals surface area (Å²) in [5.74, 6) is 0.241. The smallest absolute Gasteiger partial charge is 0.257 e. The molecule has 3 N–H and O–H groups in total. The summed E-state index contributed by atoms with van der Waals surface area (Å²) >= 11 is 0. The van der Waals surface area contributed by atoms with Crippen LogP contribution in [-0.2, 0) is 0 Å². The van der Waals surface area contributed by atoms with Crippen LogP contribution in [0.15, 0.2) is 18.2 Å². The zero-order valence-corrected chi connectivity index (χ0v) is 12.2. The van der Waals surface area contributed by atoms with Gasteiger partial charge in [-0.2, -0.15) is 0 Å². The van der Waals surface area contributed by atoms with E-state index in [1.54, 1.807) is 30.1 Å². The number of nitrogens with two attached hydrogens (primary N) is 1. The molecule has 1 saturated heterocycles. The molecule has 0 spiro atoms. The summed E-state index contributed by atoms with van der Waals surface area (Å²) in [6.07, 6.45) is 2.22. The number of hydrogen-bond donors (Lipinski definition) is 2. The molecule has 1 heterocycles. The molecule has 1 aliphatic heterocycles. The van der Waals surface area contributed by atoms with Crippen LogP contribution in [0.5, 0.6) is 5.75 Å². The number of carbonyl (C=O) groups is 1. The molecule has 0 unspecified atom stereocenters. The van der Waals surface area contributed by atoms with Gasteiger partial charge in [-0.3, -0.25) is 4.79 Å². The molecule has 0 radical (unpaired) electrons. The fourth-order valence-electron chi connectivity index (χ4n) is 2.65. The van der Waals surface area contributed by atoms with E-state index in [0.29, 0.717) is 5.92 Å². The summed E-state index contributed by atoms with van der Waals surface area (Å²) < 4.78 is 0. The second-order valence-electron chi connectivity index (χ2n) is 5.68. The van der Waals surface area contributed by atoms with Crippen molar-refractivity contribution in [2.24, 2.45) is 5.92 Å². The fourth-order valence-corrected chi connectivity index (χ4v) is 2.65. The van der Waals surface area contributed by atoms with Gasteiger partial charge in [-0.05, 0) is 51.0 Å². The summed E-state index contributed by atoms with van der Waals surface area (Å²) in [6, 6.07) is 4.88. The molecule has 0 saturated carbocycles. The van der Waals surface area contributed by atoms with E-state index in [1.165, 1.54) is 0 Å². The van der Waals surface area contributed by atoms with Crippen molar-refractivity contribution in [3.8, 4) is 5.75 Å². The third-order valence-electron chi connectivity index (χ3n) is 4.01. The lowest BCUT2D eigenvalue weighted by Gasteiger charge is -2.31.